The van der Waals surface area contributed by atoms with Crippen molar-refractivity contribution in [3.05, 3.63) is 33.1 Å². The molecule has 1 heterocycles. The molecular weight excluding hydrogens is 466 g/mol. The van der Waals surface area contributed by atoms with Crippen LogP contribution in [-0.2, 0) is 23.9 Å². The molecule has 1 aliphatic rings. The molecule has 2 amide bonds. The summed E-state index contributed by atoms with van der Waals surface area (Å²) in [6.45, 7) is 5.01. The minimum Gasteiger partial charge on any atom is -0.481 e. The SMILES string of the molecule is CCOC(=O)COc1ccc(/C=C2\SC(=O)N([C@@H](C)C(=O)OCC)C2=O)cc1Br. The van der Waals surface area contributed by atoms with Crippen molar-refractivity contribution in [3.63, 3.8) is 0 Å². The van der Waals surface area contributed by atoms with Crippen LogP contribution < -0.4 is 4.74 Å². The number of thioether (sulfide) groups is 1. The fourth-order valence-electron chi connectivity index (χ4n) is 2.40. The Bertz CT molecular complexity index is 855. The fraction of sp³-hybridized carbons (Fsp3) is 0.368. The average molecular weight is 486 g/mol. The number of imide groups is 1. The van der Waals surface area contributed by atoms with E-state index in [1.54, 1.807) is 38.1 Å². The summed E-state index contributed by atoms with van der Waals surface area (Å²) in [5.74, 6) is -1.24. The lowest BCUT2D eigenvalue weighted by atomic mass is 10.2. The second kappa shape index (κ2) is 10.4. The molecule has 1 saturated heterocycles. The zero-order valence-electron chi connectivity index (χ0n) is 16.1. The average Bonchev–Trinajstić information content (AvgIpc) is 2.94. The first-order valence-electron chi connectivity index (χ1n) is 8.80. The summed E-state index contributed by atoms with van der Waals surface area (Å²) in [6, 6.07) is 3.98. The maximum Gasteiger partial charge on any atom is 0.344 e. The van der Waals surface area contributed by atoms with Crippen molar-refractivity contribution < 1.29 is 33.4 Å². The highest BCUT2D eigenvalue weighted by Gasteiger charge is 2.41. The van der Waals surface area contributed by atoms with Crippen molar-refractivity contribution in [2.45, 2.75) is 26.8 Å². The fourth-order valence-corrected chi connectivity index (χ4v) is 3.82. The van der Waals surface area contributed by atoms with Crippen molar-refractivity contribution in [2.24, 2.45) is 0 Å². The van der Waals surface area contributed by atoms with Gasteiger partial charge in [0.1, 0.15) is 11.8 Å². The molecule has 0 bridgehead atoms. The highest BCUT2D eigenvalue weighted by Crippen LogP contribution is 2.35. The van der Waals surface area contributed by atoms with Crippen LogP contribution >= 0.6 is 27.7 Å². The second-order valence-corrected chi connectivity index (χ2v) is 7.61. The van der Waals surface area contributed by atoms with Crippen LogP contribution in [0.4, 0.5) is 4.79 Å². The molecule has 29 heavy (non-hydrogen) atoms. The van der Waals surface area contributed by atoms with E-state index in [1.807, 2.05) is 0 Å². The molecule has 0 radical (unpaired) electrons. The van der Waals surface area contributed by atoms with Gasteiger partial charge in [0.05, 0.1) is 22.6 Å². The molecule has 0 aromatic heterocycles. The second-order valence-electron chi connectivity index (χ2n) is 5.76. The number of esters is 2. The van der Waals surface area contributed by atoms with Crippen LogP contribution in [0.5, 0.6) is 5.75 Å². The van der Waals surface area contributed by atoms with Crippen molar-refractivity contribution in [2.75, 3.05) is 19.8 Å². The number of rotatable bonds is 8. The molecule has 1 atom stereocenters. The van der Waals surface area contributed by atoms with E-state index in [4.69, 9.17) is 14.2 Å². The van der Waals surface area contributed by atoms with Gasteiger partial charge in [0.25, 0.3) is 11.1 Å². The number of nitrogens with zero attached hydrogens (tertiary/aromatic N) is 1. The molecule has 0 unspecified atom stereocenters. The quantitative estimate of drug-likeness (QED) is 0.408. The lowest BCUT2D eigenvalue weighted by Crippen LogP contribution is -2.42. The predicted molar refractivity (Wildman–Crippen MR) is 110 cm³/mol. The lowest BCUT2D eigenvalue weighted by Gasteiger charge is -2.19. The smallest absolute Gasteiger partial charge is 0.344 e. The van der Waals surface area contributed by atoms with Gasteiger partial charge in [-0.2, -0.15) is 0 Å². The molecular formula is C19H20BrNO7S. The van der Waals surface area contributed by atoms with E-state index in [0.29, 0.717) is 15.8 Å². The van der Waals surface area contributed by atoms with E-state index in [0.717, 1.165) is 16.7 Å². The maximum atomic E-state index is 12.6. The monoisotopic (exact) mass is 485 g/mol. The third kappa shape index (κ3) is 5.83. The van der Waals surface area contributed by atoms with Gasteiger partial charge in [-0.15, -0.1) is 0 Å². The van der Waals surface area contributed by atoms with Crippen LogP contribution in [0.2, 0.25) is 0 Å². The summed E-state index contributed by atoms with van der Waals surface area (Å²) in [5.41, 5.74) is 0.634. The van der Waals surface area contributed by atoms with Crippen molar-refractivity contribution in [1.29, 1.82) is 0 Å². The maximum absolute atomic E-state index is 12.6. The summed E-state index contributed by atoms with van der Waals surface area (Å²) in [4.78, 5) is 49.1. The first kappa shape index (κ1) is 23.0. The van der Waals surface area contributed by atoms with Crippen molar-refractivity contribution in [3.8, 4) is 5.75 Å². The standard InChI is InChI=1S/C19H20BrNO7S/c1-4-26-16(22)10-28-14-7-6-12(8-13(14)20)9-15-17(23)21(19(25)29-15)11(3)18(24)27-5-2/h6-9,11H,4-5,10H2,1-3H3/b15-9-/t11-/m0/s1. The first-order valence-corrected chi connectivity index (χ1v) is 10.4. The zero-order chi connectivity index (χ0) is 21.6. The van der Waals surface area contributed by atoms with Gasteiger partial charge in [-0.25, -0.2) is 9.59 Å². The summed E-state index contributed by atoms with van der Waals surface area (Å²) in [5, 5.41) is -0.532. The third-order valence-corrected chi connectivity index (χ3v) is 5.25. The van der Waals surface area contributed by atoms with Crippen molar-refractivity contribution >= 4 is 56.9 Å². The van der Waals surface area contributed by atoms with Gasteiger partial charge in [-0.1, -0.05) is 6.07 Å². The molecule has 8 nitrogen and oxygen atoms in total. The van der Waals surface area contributed by atoms with Gasteiger partial charge in [0.2, 0.25) is 0 Å². The molecule has 1 aromatic rings. The normalized spacial score (nSPS) is 16.1. The highest BCUT2D eigenvalue weighted by molar-refractivity contribution is 9.10. The number of benzene rings is 1. The van der Waals surface area contributed by atoms with E-state index in [1.165, 1.54) is 6.92 Å². The van der Waals surface area contributed by atoms with Crippen LogP contribution in [0.15, 0.2) is 27.6 Å². The van der Waals surface area contributed by atoms with E-state index in [2.05, 4.69) is 15.9 Å². The summed E-state index contributed by atoms with van der Waals surface area (Å²) in [7, 11) is 0. The number of carbonyl (C=O) groups is 4. The number of hydrogen-bond donors (Lipinski definition) is 0. The molecule has 0 saturated carbocycles. The molecule has 10 heteroatoms. The summed E-state index contributed by atoms with van der Waals surface area (Å²) < 4.78 is 15.6. The Labute approximate surface area is 180 Å². The number of carbonyl (C=O) groups excluding carboxylic acids is 4. The highest BCUT2D eigenvalue weighted by atomic mass is 79.9. The first-order chi connectivity index (χ1) is 13.8. The zero-order valence-corrected chi connectivity index (χ0v) is 18.5. The molecule has 2 rings (SSSR count). The van der Waals surface area contributed by atoms with E-state index in [9.17, 15) is 19.2 Å². The van der Waals surface area contributed by atoms with Gasteiger partial charge in [0.15, 0.2) is 6.61 Å². The van der Waals surface area contributed by atoms with E-state index < -0.39 is 29.1 Å². The third-order valence-electron chi connectivity index (χ3n) is 3.74. The van der Waals surface area contributed by atoms with Crippen LogP contribution in [0.1, 0.15) is 26.3 Å². The molecule has 156 valence electrons. The largest absolute Gasteiger partial charge is 0.481 e. The molecule has 1 aliphatic heterocycles. The molecule has 1 fully saturated rings. The minimum atomic E-state index is -1.00. The van der Waals surface area contributed by atoms with Crippen LogP contribution in [-0.4, -0.2) is 53.8 Å². The molecule has 0 spiro atoms. The number of ether oxygens (including phenoxy) is 3. The van der Waals surface area contributed by atoms with Gasteiger partial charge < -0.3 is 14.2 Å². The van der Waals surface area contributed by atoms with Crippen LogP contribution in [0, 0.1) is 0 Å². The Morgan fingerprint density at radius 3 is 2.52 bits per heavy atom. The van der Waals surface area contributed by atoms with Gasteiger partial charge >= 0.3 is 11.9 Å². The summed E-state index contributed by atoms with van der Waals surface area (Å²) >= 11 is 4.10. The Morgan fingerprint density at radius 2 is 1.90 bits per heavy atom. The molecule has 0 N–H and O–H groups in total. The topological polar surface area (TPSA) is 99.2 Å². The van der Waals surface area contributed by atoms with Gasteiger partial charge in [-0.05, 0) is 72.2 Å². The van der Waals surface area contributed by atoms with Crippen molar-refractivity contribution in [1.82, 2.24) is 4.90 Å². The van der Waals surface area contributed by atoms with Gasteiger partial charge in [0, 0.05) is 0 Å². The van der Waals surface area contributed by atoms with E-state index in [-0.39, 0.29) is 24.7 Å². The Hall–Kier alpha value is -2.33. The Kier molecular flexibility index (Phi) is 8.27. The Morgan fingerprint density at radius 1 is 1.21 bits per heavy atom. The van der Waals surface area contributed by atoms with Crippen LogP contribution in [0.25, 0.3) is 6.08 Å². The Balaban J connectivity index is 2.12. The minimum absolute atomic E-state index is 0.161. The number of halogens is 1. The molecule has 1 aromatic carbocycles. The molecule has 0 aliphatic carbocycles. The number of amides is 2. The number of hydrogen-bond acceptors (Lipinski definition) is 8. The predicted octanol–water partition coefficient (Wildman–Crippen LogP) is 3.38. The summed E-state index contributed by atoms with van der Waals surface area (Å²) in [6.07, 6.45) is 1.54. The van der Waals surface area contributed by atoms with Crippen LogP contribution in [0.3, 0.4) is 0 Å². The lowest BCUT2D eigenvalue weighted by molar-refractivity contribution is -0.150. The van der Waals surface area contributed by atoms with Gasteiger partial charge in [-0.3, -0.25) is 14.5 Å². The van der Waals surface area contributed by atoms with E-state index >= 15 is 0 Å².